The lowest BCUT2D eigenvalue weighted by Gasteiger charge is -2.35. The van der Waals surface area contributed by atoms with Crippen LogP contribution in [-0.4, -0.2) is 52.0 Å². The number of rotatable bonds is 6. The molecule has 1 unspecified atom stereocenters. The summed E-state index contributed by atoms with van der Waals surface area (Å²) < 4.78 is 6.24. The van der Waals surface area contributed by atoms with Crippen LogP contribution in [0.15, 0.2) is 36.4 Å². The molecule has 2 amide bonds. The van der Waals surface area contributed by atoms with Gasteiger partial charge in [0, 0.05) is 42.7 Å². The predicted octanol–water partition coefficient (Wildman–Crippen LogP) is 3.60. The van der Waals surface area contributed by atoms with Gasteiger partial charge in [-0.3, -0.25) is 24.7 Å². The number of phenols is 1. The van der Waals surface area contributed by atoms with E-state index in [9.17, 15) is 14.7 Å². The Bertz CT molecular complexity index is 1090. The zero-order valence-electron chi connectivity index (χ0n) is 19.1. The lowest BCUT2D eigenvalue weighted by atomic mass is 10.0. The number of hydrogen-bond acceptors (Lipinski definition) is 6. The average Bonchev–Trinajstić information content (AvgIpc) is 3.24. The Morgan fingerprint density at radius 1 is 1.06 bits per heavy atom. The van der Waals surface area contributed by atoms with Gasteiger partial charge in [0.05, 0.1) is 6.04 Å². The molecule has 180 valence electrons. The fraction of sp³-hybridized carbons (Fsp3) is 0.462. The topological polar surface area (TPSA) is 82.1 Å². The molecule has 3 aliphatic rings. The van der Waals surface area contributed by atoms with Crippen LogP contribution in [0.4, 0.5) is 0 Å². The largest absolute Gasteiger partial charge is 0.508 e. The number of piperidine rings is 2. The molecular weight excluding hydrogens is 454 g/mol. The molecule has 0 saturated carbocycles. The molecule has 0 spiro atoms. The Labute approximate surface area is 204 Å². The zero-order valence-corrected chi connectivity index (χ0v) is 19.9. The van der Waals surface area contributed by atoms with Gasteiger partial charge in [-0.1, -0.05) is 24.1 Å². The first-order chi connectivity index (χ1) is 16.5. The molecule has 2 N–H and O–H groups in total. The summed E-state index contributed by atoms with van der Waals surface area (Å²) in [5, 5.41) is 13.3. The van der Waals surface area contributed by atoms with E-state index in [4.69, 9.17) is 16.3 Å². The number of amides is 2. The summed E-state index contributed by atoms with van der Waals surface area (Å²) in [4.78, 5) is 28.2. The highest BCUT2D eigenvalue weighted by molar-refractivity contribution is 6.30. The predicted molar refractivity (Wildman–Crippen MR) is 129 cm³/mol. The van der Waals surface area contributed by atoms with E-state index in [-0.39, 0.29) is 29.6 Å². The van der Waals surface area contributed by atoms with Crippen molar-refractivity contribution in [2.75, 3.05) is 13.2 Å². The first-order valence-electron chi connectivity index (χ1n) is 12.0. The molecule has 2 saturated heterocycles. The number of likely N-dealkylation sites (tertiary alicyclic amines) is 1. The van der Waals surface area contributed by atoms with Crippen LogP contribution < -0.4 is 10.1 Å². The minimum atomic E-state index is -0.256. The summed E-state index contributed by atoms with van der Waals surface area (Å²) in [5.74, 6) is 0.730. The second-order valence-electron chi connectivity index (χ2n) is 9.51. The van der Waals surface area contributed by atoms with E-state index in [0.717, 1.165) is 37.1 Å². The number of fused-ring (bicyclic) bond motifs is 1. The Morgan fingerprint density at radius 3 is 2.76 bits per heavy atom. The summed E-state index contributed by atoms with van der Waals surface area (Å²) in [7, 11) is 0. The number of benzene rings is 2. The van der Waals surface area contributed by atoms with E-state index in [0.29, 0.717) is 44.1 Å². The summed E-state index contributed by atoms with van der Waals surface area (Å²) in [6.07, 6.45) is 4.31. The van der Waals surface area contributed by atoms with Crippen molar-refractivity contribution in [3.63, 3.8) is 0 Å². The number of carbonyl (C=O) groups excluding carboxylic acids is 2. The van der Waals surface area contributed by atoms with Crippen LogP contribution in [0.5, 0.6) is 11.5 Å². The van der Waals surface area contributed by atoms with Crippen molar-refractivity contribution in [3.05, 3.63) is 58.1 Å². The smallest absolute Gasteiger partial charge is 0.243 e. The molecule has 8 heteroatoms. The van der Waals surface area contributed by atoms with Crippen molar-refractivity contribution in [1.29, 1.82) is 0 Å². The number of carbonyl (C=O) groups is 2. The van der Waals surface area contributed by atoms with Gasteiger partial charge in [0.25, 0.3) is 0 Å². The second-order valence-corrected chi connectivity index (χ2v) is 9.94. The average molecular weight is 484 g/mol. The minimum Gasteiger partial charge on any atom is -0.508 e. The molecule has 0 aromatic heterocycles. The van der Waals surface area contributed by atoms with Gasteiger partial charge in [0.2, 0.25) is 11.8 Å². The standard InChI is InChI=1S/C26H30ClN3O4/c27-20-5-8-24(31)19(11-20)15-29-10-2-1-3-21(29)16-34-22-6-4-17-13-30(14-18(17)12-22)23-7-9-25(32)28-26(23)33/h4-6,8,11-12,21,23,31H,1-3,7,9-10,13-16H2,(H,28,32,33)/t21-,23?/m0/s1. The molecule has 2 atom stereocenters. The van der Waals surface area contributed by atoms with Crippen molar-refractivity contribution in [1.82, 2.24) is 15.1 Å². The minimum absolute atomic E-state index is 0.184. The van der Waals surface area contributed by atoms with Gasteiger partial charge in [-0.15, -0.1) is 0 Å². The monoisotopic (exact) mass is 483 g/mol. The Balaban J connectivity index is 1.21. The summed E-state index contributed by atoms with van der Waals surface area (Å²) in [6.45, 7) is 3.58. The van der Waals surface area contributed by atoms with Crippen LogP contribution in [0.25, 0.3) is 0 Å². The number of phenolic OH excluding ortho intramolecular Hbond substituents is 1. The number of hydrogen-bond donors (Lipinski definition) is 2. The molecular formula is C26H30ClN3O4. The van der Waals surface area contributed by atoms with Gasteiger partial charge >= 0.3 is 0 Å². The number of halogens is 1. The number of ether oxygens (including phenoxy) is 1. The summed E-state index contributed by atoms with van der Waals surface area (Å²) in [5.41, 5.74) is 3.21. The maximum absolute atomic E-state index is 12.3. The highest BCUT2D eigenvalue weighted by atomic mass is 35.5. The van der Waals surface area contributed by atoms with Gasteiger partial charge in [-0.05, 0) is 67.3 Å². The van der Waals surface area contributed by atoms with Gasteiger partial charge < -0.3 is 9.84 Å². The van der Waals surface area contributed by atoms with Gasteiger partial charge in [0.15, 0.2) is 0 Å². The lowest BCUT2D eigenvalue weighted by Crippen LogP contribution is -2.50. The van der Waals surface area contributed by atoms with Crippen molar-refractivity contribution in [2.45, 2.75) is 63.8 Å². The number of imide groups is 1. The maximum atomic E-state index is 12.3. The summed E-state index contributed by atoms with van der Waals surface area (Å²) >= 11 is 6.14. The van der Waals surface area contributed by atoms with Crippen molar-refractivity contribution < 1.29 is 19.4 Å². The van der Waals surface area contributed by atoms with E-state index in [1.807, 2.05) is 12.1 Å². The second kappa shape index (κ2) is 9.94. The Kier molecular flexibility index (Phi) is 6.77. The third-order valence-corrected chi connectivity index (χ3v) is 7.42. The van der Waals surface area contributed by atoms with Crippen LogP contribution in [0.3, 0.4) is 0 Å². The molecule has 2 aromatic carbocycles. The first kappa shape index (κ1) is 23.1. The van der Waals surface area contributed by atoms with E-state index in [1.54, 1.807) is 12.1 Å². The van der Waals surface area contributed by atoms with Crippen LogP contribution in [0.1, 0.15) is 48.8 Å². The highest BCUT2D eigenvalue weighted by Gasteiger charge is 2.34. The highest BCUT2D eigenvalue weighted by Crippen LogP contribution is 2.31. The molecule has 3 heterocycles. The molecule has 0 radical (unpaired) electrons. The number of nitrogens with zero attached hydrogens (tertiary/aromatic N) is 2. The molecule has 0 bridgehead atoms. The van der Waals surface area contributed by atoms with E-state index in [2.05, 4.69) is 27.2 Å². The molecule has 0 aliphatic carbocycles. The van der Waals surface area contributed by atoms with Gasteiger partial charge in [0.1, 0.15) is 18.1 Å². The van der Waals surface area contributed by atoms with Gasteiger partial charge in [-0.25, -0.2) is 0 Å². The zero-order chi connectivity index (χ0) is 23.7. The Morgan fingerprint density at radius 2 is 1.91 bits per heavy atom. The Hall–Kier alpha value is -2.61. The van der Waals surface area contributed by atoms with Crippen LogP contribution in [0.2, 0.25) is 5.02 Å². The fourth-order valence-electron chi connectivity index (χ4n) is 5.29. The van der Waals surface area contributed by atoms with Crippen molar-refractivity contribution >= 4 is 23.4 Å². The van der Waals surface area contributed by atoms with Crippen LogP contribution in [-0.2, 0) is 29.2 Å². The summed E-state index contributed by atoms with van der Waals surface area (Å²) in [6, 6.07) is 11.4. The van der Waals surface area contributed by atoms with E-state index < -0.39 is 0 Å². The third kappa shape index (κ3) is 5.06. The SMILES string of the molecule is O=C1CCC(N2Cc3ccc(OC[C@@H]4CCCCN4Cc4cc(Cl)ccc4O)cc3C2)C(=O)N1. The van der Waals surface area contributed by atoms with Crippen molar-refractivity contribution in [2.24, 2.45) is 0 Å². The van der Waals surface area contributed by atoms with Crippen LogP contribution >= 0.6 is 11.6 Å². The van der Waals surface area contributed by atoms with Gasteiger partial charge in [-0.2, -0.15) is 0 Å². The molecule has 2 fully saturated rings. The number of nitrogens with one attached hydrogen (secondary N) is 1. The lowest BCUT2D eigenvalue weighted by molar-refractivity contribution is -0.137. The van der Waals surface area contributed by atoms with E-state index >= 15 is 0 Å². The van der Waals surface area contributed by atoms with E-state index in [1.165, 1.54) is 11.1 Å². The molecule has 5 rings (SSSR count). The fourth-order valence-corrected chi connectivity index (χ4v) is 5.48. The number of aromatic hydroxyl groups is 1. The maximum Gasteiger partial charge on any atom is 0.243 e. The third-order valence-electron chi connectivity index (χ3n) is 7.18. The molecule has 34 heavy (non-hydrogen) atoms. The molecule has 2 aromatic rings. The molecule has 3 aliphatic heterocycles. The molecule has 7 nitrogen and oxygen atoms in total. The van der Waals surface area contributed by atoms with Crippen molar-refractivity contribution in [3.8, 4) is 11.5 Å². The van der Waals surface area contributed by atoms with Crippen LogP contribution in [0, 0.1) is 0 Å². The normalized spacial score (nSPS) is 23.6. The quantitative estimate of drug-likeness (QED) is 0.611. The first-order valence-corrected chi connectivity index (χ1v) is 12.4.